The number of hydrogen-bond donors (Lipinski definition) is 2. The molecule has 0 saturated heterocycles. The van der Waals surface area contributed by atoms with Gasteiger partial charge in [0, 0.05) is 22.1 Å². The van der Waals surface area contributed by atoms with Gasteiger partial charge in [-0.25, -0.2) is 8.78 Å². The van der Waals surface area contributed by atoms with E-state index in [2.05, 4.69) is 4.98 Å². The number of ether oxygens (including phenoxy) is 1. The van der Waals surface area contributed by atoms with Gasteiger partial charge in [-0.3, -0.25) is 9.78 Å². The SMILES string of the molecule is NC(=O)c1c(Cc2ccc(I)cc2F)cc(F)cc1Oc1cncc(N)c1. The maximum atomic E-state index is 14.2. The number of carbonyl (C=O) groups is 1. The Bertz CT molecular complexity index is 1030. The third-order valence-electron chi connectivity index (χ3n) is 3.75. The van der Waals surface area contributed by atoms with Gasteiger partial charge in [-0.15, -0.1) is 0 Å². The highest BCUT2D eigenvalue weighted by atomic mass is 127. The molecule has 27 heavy (non-hydrogen) atoms. The van der Waals surface area contributed by atoms with Crippen LogP contribution >= 0.6 is 22.6 Å². The monoisotopic (exact) mass is 481 g/mol. The largest absolute Gasteiger partial charge is 0.455 e. The topological polar surface area (TPSA) is 91.2 Å². The third kappa shape index (κ3) is 4.51. The van der Waals surface area contributed by atoms with Crippen LogP contribution in [-0.2, 0) is 6.42 Å². The molecule has 0 saturated carbocycles. The highest BCUT2D eigenvalue weighted by Crippen LogP contribution is 2.31. The molecule has 0 radical (unpaired) electrons. The molecule has 0 aliphatic carbocycles. The van der Waals surface area contributed by atoms with Crippen LogP contribution in [-0.4, -0.2) is 10.9 Å². The van der Waals surface area contributed by atoms with Crippen LogP contribution in [0.15, 0.2) is 48.8 Å². The molecular formula is C19H14F2IN3O2. The van der Waals surface area contributed by atoms with Gasteiger partial charge in [-0.2, -0.15) is 0 Å². The third-order valence-corrected chi connectivity index (χ3v) is 4.42. The lowest BCUT2D eigenvalue weighted by Crippen LogP contribution is -2.16. The van der Waals surface area contributed by atoms with Gasteiger partial charge in [0.05, 0.1) is 23.6 Å². The quantitative estimate of drug-likeness (QED) is 0.539. The number of benzene rings is 2. The summed E-state index contributed by atoms with van der Waals surface area (Å²) in [7, 11) is 0. The average Bonchev–Trinajstić information content (AvgIpc) is 2.56. The summed E-state index contributed by atoms with van der Waals surface area (Å²) >= 11 is 1.99. The van der Waals surface area contributed by atoms with Crippen LogP contribution in [0.1, 0.15) is 21.5 Å². The Morgan fingerprint density at radius 3 is 2.56 bits per heavy atom. The summed E-state index contributed by atoms with van der Waals surface area (Å²) in [5.41, 5.74) is 12.0. The van der Waals surface area contributed by atoms with Crippen molar-refractivity contribution >= 4 is 34.2 Å². The van der Waals surface area contributed by atoms with Gasteiger partial charge < -0.3 is 16.2 Å². The molecule has 3 rings (SSSR count). The van der Waals surface area contributed by atoms with Crippen LogP contribution in [0, 0.1) is 15.2 Å². The van der Waals surface area contributed by atoms with Crippen LogP contribution in [0.4, 0.5) is 14.5 Å². The summed E-state index contributed by atoms with van der Waals surface area (Å²) < 4.78 is 34.7. The number of amides is 1. The number of pyridine rings is 1. The lowest BCUT2D eigenvalue weighted by atomic mass is 9.98. The van der Waals surface area contributed by atoms with Crippen molar-refractivity contribution in [2.75, 3.05) is 5.73 Å². The molecule has 138 valence electrons. The van der Waals surface area contributed by atoms with Crippen molar-refractivity contribution in [3.05, 3.63) is 80.7 Å². The Hall–Kier alpha value is -2.75. The molecule has 0 fully saturated rings. The fourth-order valence-corrected chi connectivity index (χ4v) is 3.08. The molecule has 2 aromatic carbocycles. The van der Waals surface area contributed by atoms with Crippen LogP contribution in [0.25, 0.3) is 0 Å². The normalized spacial score (nSPS) is 10.6. The second-order valence-corrected chi connectivity index (χ2v) is 7.02. The summed E-state index contributed by atoms with van der Waals surface area (Å²) in [6.07, 6.45) is 2.76. The van der Waals surface area contributed by atoms with Crippen LogP contribution < -0.4 is 16.2 Å². The van der Waals surface area contributed by atoms with Gasteiger partial charge in [0.15, 0.2) is 0 Å². The first-order valence-corrected chi connectivity index (χ1v) is 8.86. The predicted octanol–water partition coefficient (Wildman–Crippen LogP) is 4.03. The smallest absolute Gasteiger partial charge is 0.252 e. The Morgan fingerprint density at radius 1 is 1.11 bits per heavy atom. The Balaban J connectivity index is 2.06. The number of halogens is 3. The summed E-state index contributed by atoms with van der Waals surface area (Å²) in [5, 5.41) is 0. The average molecular weight is 481 g/mol. The van der Waals surface area contributed by atoms with E-state index in [9.17, 15) is 13.6 Å². The molecule has 0 unspecified atom stereocenters. The molecular weight excluding hydrogens is 467 g/mol. The van der Waals surface area contributed by atoms with E-state index >= 15 is 0 Å². The van der Waals surface area contributed by atoms with Gasteiger partial charge in [0.25, 0.3) is 5.91 Å². The minimum Gasteiger partial charge on any atom is -0.455 e. The first-order valence-electron chi connectivity index (χ1n) is 7.78. The zero-order valence-electron chi connectivity index (χ0n) is 13.9. The van der Waals surface area contributed by atoms with E-state index in [1.165, 1.54) is 24.5 Å². The predicted molar refractivity (Wildman–Crippen MR) is 106 cm³/mol. The number of hydrogen-bond acceptors (Lipinski definition) is 4. The molecule has 8 heteroatoms. The number of anilines is 1. The van der Waals surface area contributed by atoms with Gasteiger partial charge in [0.1, 0.15) is 23.1 Å². The minimum atomic E-state index is -0.817. The van der Waals surface area contributed by atoms with Crippen molar-refractivity contribution < 1.29 is 18.3 Å². The van der Waals surface area contributed by atoms with E-state index in [1.807, 2.05) is 22.6 Å². The Kier molecular flexibility index (Phi) is 5.54. The summed E-state index contributed by atoms with van der Waals surface area (Å²) in [6.45, 7) is 0. The van der Waals surface area contributed by atoms with Gasteiger partial charge in [-0.05, 0) is 51.9 Å². The van der Waals surface area contributed by atoms with Crippen molar-refractivity contribution in [2.24, 2.45) is 5.73 Å². The first kappa shape index (κ1) is 19.0. The van der Waals surface area contributed by atoms with E-state index in [0.717, 1.165) is 15.7 Å². The number of carbonyl (C=O) groups excluding carboxylic acids is 1. The molecule has 0 aliphatic rings. The molecule has 5 nitrogen and oxygen atoms in total. The van der Waals surface area contributed by atoms with E-state index < -0.39 is 17.5 Å². The highest BCUT2D eigenvalue weighted by Gasteiger charge is 2.19. The van der Waals surface area contributed by atoms with E-state index in [4.69, 9.17) is 16.2 Å². The molecule has 0 bridgehead atoms. The number of rotatable bonds is 5. The number of nitrogen functional groups attached to an aromatic ring is 1. The van der Waals surface area contributed by atoms with Crippen LogP contribution in [0.3, 0.4) is 0 Å². The zero-order valence-corrected chi connectivity index (χ0v) is 16.0. The zero-order chi connectivity index (χ0) is 19.6. The van der Waals surface area contributed by atoms with E-state index in [1.54, 1.807) is 12.1 Å². The van der Waals surface area contributed by atoms with Crippen molar-refractivity contribution in [1.82, 2.24) is 4.98 Å². The second-order valence-electron chi connectivity index (χ2n) is 5.77. The van der Waals surface area contributed by atoms with Gasteiger partial charge in [0.2, 0.25) is 0 Å². The highest BCUT2D eigenvalue weighted by molar-refractivity contribution is 14.1. The molecule has 3 aromatic rings. The van der Waals surface area contributed by atoms with Crippen LogP contribution in [0.2, 0.25) is 0 Å². The summed E-state index contributed by atoms with van der Waals surface area (Å²) in [4.78, 5) is 15.9. The van der Waals surface area contributed by atoms with Crippen molar-refractivity contribution in [3.63, 3.8) is 0 Å². The number of aromatic nitrogens is 1. The lowest BCUT2D eigenvalue weighted by molar-refractivity contribution is 0.0997. The van der Waals surface area contributed by atoms with E-state index in [-0.39, 0.29) is 29.0 Å². The number of nitrogens with zero attached hydrogens (tertiary/aromatic N) is 1. The Labute approximate surface area is 167 Å². The molecule has 0 aliphatic heterocycles. The van der Waals surface area contributed by atoms with Crippen LogP contribution in [0.5, 0.6) is 11.5 Å². The Morgan fingerprint density at radius 2 is 1.89 bits per heavy atom. The molecule has 1 aromatic heterocycles. The molecule has 1 amide bonds. The fraction of sp³-hybridized carbons (Fsp3) is 0.0526. The molecule has 1 heterocycles. The maximum Gasteiger partial charge on any atom is 0.252 e. The fourth-order valence-electron chi connectivity index (χ4n) is 2.62. The standard InChI is InChI=1S/C19H14F2IN3O2/c20-12-4-11(3-10-1-2-13(22)6-16(10)21)18(19(24)26)17(5-12)27-15-7-14(23)8-25-9-15/h1-2,4-9H,3,23H2,(H2,24,26). The van der Waals surface area contributed by atoms with Crippen molar-refractivity contribution in [1.29, 1.82) is 0 Å². The molecule has 0 spiro atoms. The lowest BCUT2D eigenvalue weighted by Gasteiger charge is -2.14. The van der Waals surface area contributed by atoms with Crippen molar-refractivity contribution in [2.45, 2.75) is 6.42 Å². The van der Waals surface area contributed by atoms with Crippen molar-refractivity contribution in [3.8, 4) is 11.5 Å². The van der Waals surface area contributed by atoms with Gasteiger partial charge >= 0.3 is 0 Å². The summed E-state index contributed by atoms with van der Waals surface area (Å²) in [6, 6.07) is 8.31. The minimum absolute atomic E-state index is 0.0235. The number of nitrogens with two attached hydrogens (primary N) is 2. The number of primary amides is 1. The van der Waals surface area contributed by atoms with Gasteiger partial charge in [-0.1, -0.05) is 6.07 Å². The summed E-state index contributed by atoms with van der Waals surface area (Å²) in [5.74, 6) is -1.79. The molecule has 4 N–H and O–H groups in total. The molecule has 0 atom stereocenters. The van der Waals surface area contributed by atoms with E-state index in [0.29, 0.717) is 11.3 Å². The second kappa shape index (κ2) is 7.87. The first-order chi connectivity index (χ1) is 12.8. The maximum absolute atomic E-state index is 14.2.